The zero-order chi connectivity index (χ0) is 21.8. The van der Waals surface area contributed by atoms with E-state index in [1.165, 1.54) is 16.2 Å². The predicted octanol–water partition coefficient (Wildman–Crippen LogP) is 6.87. The highest BCUT2D eigenvalue weighted by molar-refractivity contribution is 14.1. The van der Waals surface area contributed by atoms with Crippen molar-refractivity contribution in [3.63, 3.8) is 0 Å². The molecule has 1 amide bonds. The van der Waals surface area contributed by atoms with Gasteiger partial charge in [-0.1, -0.05) is 41.9 Å². The Balaban J connectivity index is 2.03. The third-order valence-corrected chi connectivity index (χ3v) is 8.12. The molecule has 0 bridgehead atoms. The number of rotatable bonds is 7. The lowest BCUT2D eigenvalue weighted by Crippen LogP contribution is -2.46. The smallest absolute Gasteiger partial charge is 0.326 e. The first-order chi connectivity index (χ1) is 14.3. The van der Waals surface area contributed by atoms with Crippen LogP contribution in [0.2, 0.25) is 5.02 Å². The molecular formula is C21H15Br2ClINO3S. The molecule has 0 unspecified atom stereocenters. The van der Waals surface area contributed by atoms with Gasteiger partial charge in [-0.15, -0.1) is 11.3 Å². The summed E-state index contributed by atoms with van der Waals surface area (Å²) in [5, 5.41) is 10.6. The third kappa shape index (κ3) is 5.85. The summed E-state index contributed by atoms with van der Waals surface area (Å²) in [5.41, 5.74) is 1.27. The standard InChI is InChI=1S/C21H15Br2ClINO3S/c22-15-10-19(23)30-18(15)11-26(20(27)14-7-6-13(24)9-16(14)25)17(21(28)29)8-12-4-2-1-3-5-12/h1-7,9-10,17H,8,11H2,(H,28,29)/t17-/m0/s1. The molecule has 4 nitrogen and oxygen atoms in total. The molecule has 0 saturated heterocycles. The van der Waals surface area contributed by atoms with Gasteiger partial charge in [0.1, 0.15) is 6.04 Å². The van der Waals surface area contributed by atoms with Crippen molar-refractivity contribution < 1.29 is 14.7 Å². The molecule has 1 atom stereocenters. The van der Waals surface area contributed by atoms with Crippen molar-refractivity contribution in [3.8, 4) is 0 Å². The Bertz CT molecular complexity index is 1080. The number of nitrogens with zero attached hydrogens (tertiary/aromatic N) is 1. The lowest BCUT2D eigenvalue weighted by Gasteiger charge is -2.29. The van der Waals surface area contributed by atoms with Gasteiger partial charge in [0, 0.05) is 24.4 Å². The fraction of sp³-hybridized carbons (Fsp3) is 0.143. The summed E-state index contributed by atoms with van der Waals surface area (Å²) in [6, 6.07) is 15.1. The summed E-state index contributed by atoms with van der Waals surface area (Å²) in [4.78, 5) is 28.1. The van der Waals surface area contributed by atoms with E-state index in [0.29, 0.717) is 14.2 Å². The molecule has 0 aliphatic rings. The highest BCUT2D eigenvalue weighted by Crippen LogP contribution is 2.33. The van der Waals surface area contributed by atoms with E-state index >= 15 is 0 Å². The maximum absolute atomic E-state index is 13.5. The first-order valence-electron chi connectivity index (χ1n) is 8.72. The molecule has 156 valence electrons. The largest absolute Gasteiger partial charge is 0.480 e. The van der Waals surface area contributed by atoms with Crippen LogP contribution in [-0.4, -0.2) is 27.9 Å². The number of carbonyl (C=O) groups excluding carboxylic acids is 1. The van der Waals surface area contributed by atoms with Crippen molar-refractivity contribution in [1.82, 2.24) is 4.90 Å². The molecule has 3 rings (SSSR count). The zero-order valence-corrected chi connectivity index (χ0v) is 22.2. The highest BCUT2D eigenvalue weighted by atomic mass is 127. The van der Waals surface area contributed by atoms with Crippen LogP contribution in [0.4, 0.5) is 0 Å². The third-order valence-electron chi connectivity index (χ3n) is 4.40. The summed E-state index contributed by atoms with van der Waals surface area (Å²) in [6.07, 6.45) is 0.205. The van der Waals surface area contributed by atoms with Crippen molar-refractivity contribution in [2.45, 2.75) is 19.0 Å². The molecule has 30 heavy (non-hydrogen) atoms. The molecule has 0 spiro atoms. The van der Waals surface area contributed by atoms with E-state index in [9.17, 15) is 14.7 Å². The van der Waals surface area contributed by atoms with E-state index in [-0.39, 0.29) is 18.9 Å². The van der Waals surface area contributed by atoms with E-state index < -0.39 is 12.0 Å². The van der Waals surface area contributed by atoms with E-state index in [4.69, 9.17) is 11.6 Å². The maximum atomic E-state index is 13.5. The minimum atomic E-state index is -1.05. The number of halogens is 4. The summed E-state index contributed by atoms with van der Waals surface area (Å²) < 4.78 is 2.39. The molecule has 0 saturated carbocycles. The fourth-order valence-electron chi connectivity index (χ4n) is 2.95. The Labute approximate surface area is 213 Å². The lowest BCUT2D eigenvalue weighted by atomic mass is 10.0. The number of hydrogen-bond donors (Lipinski definition) is 1. The normalized spacial score (nSPS) is 11.9. The first-order valence-corrected chi connectivity index (χ1v) is 12.6. The molecule has 0 fully saturated rings. The maximum Gasteiger partial charge on any atom is 0.326 e. The molecule has 2 aromatic carbocycles. The topological polar surface area (TPSA) is 57.6 Å². The molecule has 3 aromatic rings. The molecule has 0 aliphatic heterocycles. The van der Waals surface area contributed by atoms with Crippen LogP contribution in [0.15, 0.2) is 62.9 Å². The minimum absolute atomic E-state index is 0.165. The fourth-order valence-corrected chi connectivity index (χ4v) is 6.69. The predicted molar refractivity (Wildman–Crippen MR) is 135 cm³/mol. The Morgan fingerprint density at radius 3 is 2.40 bits per heavy atom. The van der Waals surface area contributed by atoms with Crippen LogP contribution in [0.5, 0.6) is 0 Å². The molecule has 1 aromatic heterocycles. The van der Waals surface area contributed by atoms with Crippen molar-refractivity contribution in [2.24, 2.45) is 0 Å². The number of thiophene rings is 1. The van der Waals surface area contributed by atoms with Gasteiger partial charge in [0.25, 0.3) is 5.91 Å². The summed E-state index contributed by atoms with van der Waals surface area (Å²) in [7, 11) is 0. The van der Waals surface area contributed by atoms with Crippen LogP contribution < -0.4 is 0 Å². The van der Waals surface area contributed by atoms with Crippen LogP contribution in [-0.2, 0) is 17.8 Å². The van der Waals surface area contributed by atoms with E-state index in [1.54, 1.807) is 18.2 Å². The molecular weight excluding hydrogens is 668 g/mol. The van der Waals surface area contributed by atoms with Gasteiger partial charge >= 0.3 is 5.97 Å². The lowest BCUT2D eigenvalue weighted by molar-refractivity contribution is -0.142. The number of carboxylic acids is 1. The van der Waals surface area contributed by atoms with Gasteiger partial charge in [0.15, 0.2) is 0 Å². The van der Waals surface area contributed by atoms with Crippen LogP contribution in [0.3, 0.4) is 0 Å². The quantitative estimate of drug-likeness (QED) is 0.277. The number of amides is 1. The van der Waals surface area contributed by atoms with Gasteiger partial charge in [0.05, 0.1) is 15.9 Å². The van der Waals surface area contributed by atoms with Gasteiger partial charge < -0.3 is 10.0 Å². The highest BCUT2D eigenvalue weighted by Gasteiger charge is 2.32. The molecule has 1 heterocycles. The monoisotopic (exact) mass is 681 g/mol. The SMILES string of the molecule is O=C(O)[C@H](Cc1ccccc1)N(Cc1sc(Br)cc1Br)C(=O)c1ccc(Cl)cc1I. The second kappa shape index (κ2) is 10.6. The average Bonchev–Trinajstić information content (AvgIpc) is 3.01. The zero-order valence-electron chi connectivity index (χ0n) is 15.3. The van der Waals surface area contributed by atoms with E-state index in [1.807, 2.05) is 59.0 Å². The van der Waals surface area contributed by atoms with Crippen molar-refractivity contribution in [3.05, 3.63) is 87.5 Å². The minimum Gasteiger partial charge on any atom is -0.480 e. The average molecular weight is 684 g/mol. The summed E-state index contributed by atoms with van der Waals surface area (Å²) in [6.45, 7) is 0.165. The van der Waals surface area contributed by atoms with Gasteiger partial charge in [-0.3, -0.25) is 4.79 Å². The summed E-state index contributed by atoms with van der Waals surface area (Å²) >= 11 is 16.5. The van der Waals surface area contributed by atoms with E-state index in [0.717, 1.165) is 18.7 Å². The molecule has 0 radical (unpaired) electrons. The molecule has 9 heteroatoms. The van der Waals surface area contributed by atoms with Crippen molar-refractivity contribution in [1.29, 1.82) is 0 Å². The Kier molecular flexibility index (Phi) is 8.37. The Morgan fingerprint density at radius 2 is 1.83 bits per heavy atom. The number of aliphatic carboxylic acids is 1. The van der Waals surface area contributed by atoms with Gasteiger partial charge in [-0.05, 0) is 84.3 Å². The second-order valence-electron chi connectivity index (χ2n) is 6.42. The molecule has 1 N–H and O–H groups in total. The number of carbonyl (C=O) groups is 2. The van der Waals surface area contributed by atoms with Crippen molar-refractivity contribution in [2.75, 3.05) is 0 Å². The van der Waals surface area contributed by atoms with Crippen LogP contribution in [0.25, 0.3) is 0 Å². The van der Waals surface area contributed by atoms with Crippen LogP contribution in [0, 0.1) is 3.57 Å². The summed E-state index contributed by atoms with van der Waals surface area (Å²) in [5.74, 6) is -1.40. The number of hydrogen-bond acceptors (Lipinski definition) is 3. The van der Waals surface area contributed by atoms with Crippen LogP contribution >= 0.6 is 77.4 Å². The van der Waals surface area contributed by atoms with Gasteiger partial charge in [-0.25, -0.2) is 4.79 Å². The van der Waals surface area contributed by atoms with Crippen molar-refractivity contribution >= 4 is 89.3 Å². The van der Waals surface area contributed by atoms with E-state index in [2.05, 4.69) is 31.9 Å². The molecule has 0 aliphatic carbocycles. The first kappa shape index (κ1) is 23.7. The van der Waals surface area contributed by atoms with Gasteiger partial charge in [-0.2, -0.15) is 0 Å². The van der Waals surface area contributed by atoms with Crippen LogP contribution in [0.1, 0.15) is 20.8 Å². The Morgan fingerprint density at radius 1 is 1.13 bits per heavy atom. The number of carboxylic acid groups (broad SMARTS) is 1. The van der Waals surface area contributed by atoms with Gasteiger partial charge in [0.2, 0.25) is 0 Å². The second-order valence-corrected chi connectivity index (χ2v) is 11.4. The number of benzene rings is 2. The Hall–Kier alpha value is -0.940.